The van der Waals surface area contributed by atoms with Crippen LogP contribution in [-0.4, -0.2) is 47.9 Å². The summed E-state index contributed by atoms with van der Waals surface area (Å²) in [4.78, 5) is 29.8. The van der Waals surface area contributed by atoms with E-state index in [4.69, 9.17) is 17.3 Å². The molecule has 1 aromatic carbocycles. The molecule has 1 heterocycles. The summed E-state index contributed by atoms with van der Waals surface area (Å²) in [6, 6.07) is 9.19. The average molecular weight is 414 g/mol. The van der Waals surface area contributed by atoms with E-state index < -0.39 is 34.7 Å². The van der Waals surface area contributed by atoms with Crippen LogP contribution in [-0.2, 0) is 4.79 Å². The lowest BCUT2D eigenvalue weighted by Crippen LogP contribution is -2.60. The van der Waals surface area contributed by atoms with Crippen LogP contribution < -0.4 is 11.1 Å². The van der Waals surface area contributed by atoms with Crippen molar-refractivity contribution in [1.82, 2.24) is 10.0 Å². The molecule has 0 saturated heterocycles. The van der Waals surface area contributed by atoms with Gasteiger partial charge in [0.05, 0.1) is 18.2 Å². The molecule has 4 atom stereocenters. The van der Waals surface area contributed by atoms with Crippen molar-refractivity contribution in [1.29, 1.82) is 10.5 Å². The van der Waals surface area contributed by atoms with Crippen LogP contribution in [0, 0.1) is 39.4 Å². The molecular weight excluding hydrogens is 394 g/mol. The van der Waals surface area contributed by atoms with Gasteiger partial charge in [-0.3, -0.25) is 9.80 Å². The van der Waals surface area contributed by atoms with Gasteiger partial charge < -0.3 is 11.1 Å². The summed E-state index contributed by atoms with van der Waals surface area (Å²) in [6.07, 6.45) is 0.226. The van der Waals surface area contributed by atoms with Crippen molar-refractivity contribution in [2.45, 2.75) is 19.4 Å². The second kappa shape index (κ2) is 7.03. The zero-order valence-corrected chi connectivity index (χ0v) is 16.9. The minimum Gasteiger partial charge on any atom is -0.386 e. The third kappa shape index (κ3) is 2.66. The van der Waals surface area contributed by atoms with Crippen molar-refractivity contribution in [2.24, 2.45) is 27.5 Å². The zero-order valence-electron chi connectivity index (χ0n) is 16.2. The van der Waals surface area contributed by atoms with Gasteiger partial charge in [-0.1, -0.05) is 24.6 Å². The average Bonchev–Trinajstić information content (AvgIpc) is 3.03. The smallest absolute Gasteiger partial charge is 0.336 e. The number of halogens is 1. The van der Waals surface area contributed by atoms with Crippen LogP contribution >= 0.6 is 11.6 Å². The Hall–Kier alpha value is -3.14. The summed E-state index contributed by atoms with van der Waals surface area (Å²) in [5.41, 5.74) is 2.94. The maximum atomic E-state index is 13.1. The normalized spacial score (nSPS) is 30.3. The Bertz CT molecular complexity index is 995. The molecule has 0 radical (unpaired) electrons. The molecule has 0 aromatic heterocycles. The Kier molecular flexibility index (Phi) is 4.99. The predicted octanol–water partition coefficient (Wildman–Crippen LogP) is 1.98. The standard InChI is InChI=1S/C19H20ClN7O2/c1-11-7-14(19(10-22)16(28)25-15(23)18(11,19)9-21)27(26(2)3)17(29)24-13-6-4-5-12(20)8-13/h4-6,8,11,14H,7H2,1-3H3,(H,24,29)(H2,23,25,28)/t11-,14+,18-,19-/m1/s1. The highest BCUT2D eigenvalue weighted by atomic mass is 35.5. The van der Waals surface area contributed by atoms with E-state index in [1.165, 1.54) is 10.0 Å². The number of benzene rings is 1. The lowest BCUT2D eigenvalue weighted by atomic mass is 9.63. The first kappa shape index (κ1) is 20.6. The number of nitrogens with one attached hydrogen (secondary N) is 1. The Morgan fingerprint density at radius 1 is 1.34 bits per heavy atom. The molecule has 0 unspecified atom stereocenters. The second-order valence-electron chi connectivity index (χ2n) is 7.43. The number of urea groups is 1. The molecule has 2 aliphatic rings. The Balaban J connectivity index is 2.07. The predicted molar refractivity (Wildman–Crippen MR) is 106 cm³/mol. The third-order valence-electron chi connectivity index (χ3n) is 5.76. The molecule has 3 amide bonds. The van der Waals surface area contributed by atoms with Gasteiger partial charge in [0.1, 0.15) is 11.3 Å². The van der Waals surface area contributed by atoms with E-state index in [2.05, 4.69) is 16.4 Å². The maximum Gasteiger partial charge on any atom is 0.336 e. The van der Waals surface area contributed by atoms with Gasteiger partial charge in [0, 0.05) is 24.8 Å². The summed E-state index contributed by atoms with van der Waals surface area (Å²) in [5.74, 6) is -1.43. The third-order valence-corrected chi connectivity index (χ3v) is 6.00. The maximum absolute atomic E-state index is 13.1. The molecule has 10 heteroatoms. The molecule has 1 aliphatic carbocycles. The van der Waals surface area contributed by atoms with Gasteiger partial charge in [-0.25, -0.2) is 9.80 Å². The monoisotopic (exact) mass is 413 g/mol. The Morgan fingerprint density at radius 3 is 2.55 bits per heavy atom. The van der Waals surface area contributed by atoms with Crippen LogP contribution in [0.3, 0.4) is 0 Å². The number of hydrogen-bond donors (Lipinski definition) is 2. The van der Waals surface area contributed by atoms with Gasteiger partial charge in [-0.2, -0.15) is 15.5 Å². The Morgan fingerprint density at radius 2 is 2.00 bits per heavy atom. The summed E-state index contributed by atoms with van der Waals surface area (Å²) in [7, 11) is 3.23. The molecule has 9 nitrogen and oxygen atoms in total. The number of nitrogens with two attached hydrogens (primary N) is 1. The number of amides is 3. The van der Waals surface area contributed by atoms with Crippen LogP contribution in [0.15, 0.2) is 29.3 Å². The van der Waals surface area contributed by atoms with E-state index >= 15 is 0 Å². The lowest BCUT2D eigenvalue weighted by Gasteiger charge is -2.40. The van der Waals surface area contributed by atoms with Crippen molar-refractivity contribution in [2.75, 3.05) is 19.4 Å². The van der Waals surface area contributed by atoms with Gasteiger partial charge in [0.15, 0.2) is 5.41 Å². The van der Waals surface area contributed by atoms with E-state index in [-0.39, 0.29) is 12.3 Å². The van der Waals surface area contributed by atoms with Crippen molar-refractivity contribution < 1.29 is 9.59 Å². The highest BCUT2D eigenvalue weighted by Crippen LogP contribution is 2.61. The SMILES string of the molecule is C[C@@H]1C[C@H](N(C(=O)Nc2cccc(Cl)c2)N(C)C)[C@]2(C#N)C(=O)N=C(N)[C@@]12C#N. The number of amidine groups is 1. The fraction of sp³-hybridized carbons (Fsp3) is 0.421. The van der Waals surface area contributed by atoms with Gasteiger partial charge >= 0.3 is 6.03 Å². The minimum absolute atomic E-state index is 0.171. The van der Waals surface area contributed by atoms with Crippen LogP contribution in [0.1, 0.15) is 13.3 Å². The summed E-state index contributed by atoms with van der Waals surface area (Å²) in [6.45, 7) is 1.74. The number of carbonyl (C=O) groups is 2. The fourth-order valence-corrected chi connectivity index (χ4v) is 4.68. The van der Waals surface area contributed by atoms with Crippen LogP contribution in [0.4, 0.5) is 10.5 Å². The molecule has 3 N–H and O–H groups in total. The fourth-order valence-electron chi connectivity index (χ4n) is 4.49. The molecular formula is C19H20ClN7O2. The molecule has 0 spiro atoms. The lowest BCUT2D eigenvalue weighted by molar-refractivity contribution is -0.129. The number of aliphatic imine (C=N–C) groups is 1. The van der Waals surface area contributed by atoms with Crippen LogP contribution in [0.25, 0.3) is 0 Å². The molecule has 1 aliphatic heterocycles. The van der Waals surface area contributed by atoms with E-state index in [0.29, 0.717) is 10.7 Å². The summed E-state index contributed by atoms with van der Waals surface area (Å²) >= 11 is 5.98. The number of fused-ring (bicyclic) bond motifs is 1. The molecule has 150 valence electrons. The number of nitriles is 2. The summed E-state index contributed by atoms with van der Waals surface area (Å²) < 4.78 is 0. The van der Waals surface area contributed by atoms with Crippen LogP contribution in [0.5, 0.6) is 0 Å². The highest BCUT2D eigenvalue weighted by Gasteiger charge is 2.76. The highest BCUT2D eigenvalue weighted by molar-refractivity contribution is 6.30. The van der Waals surface area contributed by atoms with Crippen molar-refractivity contribution in [3.8, 4) is 12.1 Å². The number of hydrazine groups is 1. The van der Waals surface area contributed by atoms with Gasteiger partial charge in [-0.15, -0.1) is 0 Å². The molecule has 1 fully saturated rings. The topological polar surface area (TPSA) is 139 Å². The molecule has 1 saturated carbocycles. The van der Waals surface area contributed by atoms with Gasteiger partial charge in [0.25, 0.3) is 5.91 Å². The van der Waals surface area contributed by atoms with Gasteiger partial charge in [0.2, 0.25) is 0 Å². The largest absolute Gasteiger partial charge is 0.386 e. The Labute approximate surface area is 173 Å². The number of hydrogen-bond acceptors (Lipinski definition) is 6. The second-order valence-corrected chi connectivity index (χ2v) is 7.86. The zero-order chi connectivity index (χ0) is 21.6. The minimum atomic E-state index is -1.89. The first-order valence-corrected chi connectivity index (χ1v) is 9.28. The molecule has 29 heavy (non-hydrogen) atoms. The number of nitrogens with zero attached hydrogens (tertiary/aromatic N) is 5. The first-order chi connectivity index (χ1) is 13.6. The van der Waals surface area contributed by atoms with Crippen molar-refractivity contribution in [3.05, 3.63) is 29.3 Å². The van der Waals surface area contributed by atoms with E-state index in [1.54, 1.807) is 45.3 Å². The first-order valence-electron chi connectivity index (χ1n) is 8.90. The van der Waals surface area contributed by atoms with Gasteiger partial charge in [-0.05, 0) is 30.5 Å². The van der Waals surface area contributed by atoms with Crippen LogP contribution in [0.2, 0.25) is 5.02 Å². The summed E-state index contributed by atoms with van der Waals surface area (Å²) in [5, 5.41) is 26.0. The number of carbonyl (C=O) groups excluding carboxylic acids is 2. The molecule has 0 bridgehead atoms. The van der Waals surface area contributed by atoms with Crippen molar-refractivity contribution >= 4 is 35.1 Å². The van der Waals surface area contributed by atoms with E-state index in [9.17, 15) is 20.1 Å². The van der Waals surface area contributed by atoms with Crippen molar-refractivity contribution in [3.63, 3.8) is 0 Å². The number of anilines is 1. The van der Waals surface area contributed by atoms with E-state index in [1.807, 2.05) is 6.07 Å². The van der Waals surface area contributed by atoms with E-state index in [0.717, 1.165) is 0 Å². The molecule has 1 aromatic rings. The number of rotatable bonds is 3. The molecule has 3 rings (SSSR count). The quantitative estimate of drug-likeness (QED) is 0.726.